The first kappa shape index (κ1) is 27.9. The molecule has 2 aromatic carbocycles. The summed E-state index contributed by atoms with van der Waals surface area (Å²) in [5.41, 5.74) is 9.89. The van der Waals surface area contributed by atoms with Gasteiger partial charge >= 0.3 is 0 Å². The van der Waals surface area contributed by atoms with E-state index in [9.17, 15) is 4.79 Å². The number of ether oxygens (including phenoxy) is 2. The highest BCUT2D eigenvalue weighted by molar-refractivity contribution is 7.21. The van der Waals surface area contributed by atoms with Gasteiger partial charge in [0, 0.05) is 17.2 Å². The Hall–Kier alpha value is -3.69. The number of benzene rings is 2. The van der Waals surface area contributed by atoms with Crippen LogP contribution in [0.3, 0.4) is 0 Å². The zero-order valence-electron chi connectivity index (χ0n) is 23.7. The summed E-state index contributed by atoms with van der Waals surface area (Å²) in [6, 6.07) is 14.4. The predicted octanol–water partition coefficient (Wildman–Crippen LogP) is 6.49. The molecule has 2 atom stereocenters. The lowest BCUT2D eigenvalue weighted by Gasteiger charge is -2.33. The van der Waals surface area contributed by atoms with Gasteiger partial charge in [0.2, 0.25) is 5.95 Å². The van der Waals surface area contributed by atoms with Crippen LogP contribution in [-0.4, -0.2) is 41.7 Å². The van der Waals surface area contributed by atoms with Gasteiger partial charge in [-0.15, -0.1) is 11.3 Å². The first-order valence-corrected chi connectivity index (χ1v) is 14.6. The van der Waals surface area contributed by atoms with E-state index >= 15 is 0 Å². The fourth-order valence-electron chi connectivity index (χ4n) is 5.36. The Labute approximate surface area is 239 Å². The van der Waals surface area contributed by atoms with Crippen LogP contribution >= 0.6 is 11.3 Å². The Bertz CT molecular complexity index is 1520. The molecule has 210 valence electrons. The number of nitrogens with zero attached hydrogens (tertiary/aromatic N) is 2. The smallest absolute Gasteiger partial charge is 0.259 e. The molecule has 0 radical (unpaired) electrons. The SMILES string of the molecule is COc1ccccc1-c1c(C(N)=O)sc2cnc(Nc3ccc([C@H]4CCN[C@@H](C(C)C)C4)cc3OC(C)C)nc12. The van der Waals surface area contributed by atoms with Crippen molar-refractivity contribution in [2.45, 2.75) is 58.6 Å². The average Bonchev–Trinajstić information content (AvgIpc) is 3.33. The summed E-state index contributed by atoms with van der Waals surface area (Å²) in [5, 5.41) is 7.03. The average molecular weight is 560 g/mol. The van der Waals surface area contributed by atoms with Crippen molar-refractivity contribution < 1.29 is 14.3 Å². The van der Waals surface area contributed by atoms with Crippen LogP contribution in [0.1, 0.15) is 61.7 Å². The Morgan fingerprint density at radius 2 is 1.95 bits per heavy atom. The fourth-order valence-corrected chi connectivity index (χ4v) is 6.34. The number of amides is 1. The van der Waals surface area contributed by atoms with Crippen molar-refractivity contribution in [1.29, 1.82) is 0 Å². The summed E-state index contributed by atoms with van der Waals surface area (Å²) in [6.45, 7) is 9.61. The van der Waals surface area contributed by atoms with Gasteiger partial charge < -0.3 is 25.8 Å². The number of carbonyl (C=O) groups is 1. The number of fused-ring (bicyclic) bond motifs is 1. The van der Waals surface area contributed by atoms with Gasteiger partial charge in [0.05, 0.1) is 35.3 Å². The van der Waals surface area contributed by atoms with E-state index in [0.717, 1.165) is 41.1 Å². The molecule has 1 amide bonds. The third-order valence-electron chi connectivity index (χ3n) is 7.36. The molecular formula is C31H37N5O3S. The van der Waals surface area contributed by atoms with Crippen LogP contribution in [0.5, 0.6) is 11.5 Å². The number of hydrogen-bond acceptors (Lipinski definition) is 8. The second-order valence-corrected chi connectivity index (χ2v) is 11.9. The van der Waals surface area contributed by atoms with Crippen LogP contribution in [0, 0.1) is 5.92 Å². The van der Waals surface area contributed by atoms with Gasteiger partial charge in [0.25, 0.3) is 5.91 Å². The minimum Gasteiger partial charge on any atom is -0.496 e. The Balaban J connectivity index is 1.52. The predicted molar refractivity (Wildman–Crippen MR) is 162 cm³/mol. The minimum absolute atomic E-state index is 0.00257. The summed E-state index contributed by atoms with van der Waals surface area (Å²) < 4.78 is 12.6. The lowest BCUT2D eigenvalue weighted by Crippen LogP contribution is -2.40. The van der Waals surface area contributed by atoms with Gasteiger partial charge in [0.15, 0.2) is 0 Å². The topological polar surface area (TPSA) is 111 Å². The molecule has 8 nitrogen and oxygen atoms in total. The normalized spacial score (nSPS) is 17.4. The first-order chi connectivity index (χ1) is 19.2. The molecule has 4 aromatic rings. The molecule has 9 heteroatoms. The van der Waals surface area contributed by atoms with E-state index in [0.29, 0.717) is 45.5 Å². The van der Waals surface area contributed by atoms with Crippen molar-refractivity contribution >= 4 is 39.1 Å². The third kappa shape index (κ3) is 5.76. The van der Waals surface area contributed by atoms with Crippen molar-refractivity contribution in [3.05, 3.63) is 59.1 Å². The number of nitrogens with two attached hydrogens (primary N) is 1. The van der Waals surface area contributed by atoms with Crippen LogP contribution in [0.15, 0.2) is 48.7 Å². The third-order valence-corrected chi connectivity index (χ3v) is 8.49. The number of carbonyl (C=O) groups excluding carboxylic acids is 1. The molecule has 0 saturated carbocycles. The maximum atomic E-state index is 12.4. The number of piperidine rings is 1. The largest absolute Gasteiger partial charge is 0.496 e. The van der Waals surface area contributed by atoms with Crippen LogP contribution in [0.25, 0.3) is 21.3 Å². The number of aromatic nitrogens is 2. The Morgan fingerprint density at radius 3 is 2.67 bits per heavy atom. The van der Waals surface area contributed by atoms with Crippen molar-refractivity contribution in [2.24, 2.45) is 11.7 Å². The monoisotopic (exact) mass is 559 g/mol. The van der Waals surface area contributed by atoms with Crippen LogP contribution in [0.4, 0.5) is 11.6 Å². The minimum atomic E-state index is -0.515. The summed E-state index contributed by atoms with van der Waals surface area (Å²) >= 11 is 1.28. The molecule has 0 spiro atoms. The molecule has 1 saturated heterocycles. The van der Waals surface area contributed by atoms with Crippen molar-refractivity contribution in [3.8, 4) is 22.6 Å². The molecule has 1 aliphatic heterocycles. The molecule has 0 unspecified atom stereocenters. The van der Waals surface area contributed by atoms with Gasteiger partial charge in [-0.05, 0) is 68.8 Å². The maximum Gasteiger partial charge on any atom is 0.259 e. The second kappa shape index (κ2) is 11.8. The van der Waals surface area contributed by atoms with Gasteiger partial charge in [-0.25, -0.2) is 9.97 Å². The van der Waals surface area contributed by atoms with Crippen molar-refractivity contribution in [3.63, 3.8) is 0 Å². The molecule has 0 bridgehead atoms. The number of methoxy groups -OCH3 is 1. The van der Waals surface area contributed by atoms with E-state index in [4.69, 9.17) is 20.2 Å². The molecule has 40 heavy (non-hydrogen) atoms. The number of thiophene rings is 1. The molecule has 0 aliphatic carbocycles. The lowest BCUT2D eigenvalue weighted by molar-refractivity contribution is 0.100. The fraction of sp³-hybridized carbons (Fsp3) is 0.387. The second-order valence-electron chi connectivity index (χ2n) is 10.9. The van der Waals surface area contributed by atoms with Crippen LogP contribution in [-0.2, 0) is 0 Å². The molecule has 1 aliphatic rings. The van der Waals surface area contributed by atoms with E-state index < -0.39 is 5.91 Å². The Morgan fingerprint density at radius 1 is 1.15 bits per heavy atom. The van der Waals surface area contributed by atoms with Gasteiger partial charge in [-0.1, -0.05) is 38.1 Å². The molecule has 1 fully saturated rings. The Kier molecular flexibility index (Phi) is 8.23. The zero-order chi connectivity index (χ0) is 28.4. The summed E-state index contributed by atoms with van der Waals surface area (Å²) in [4.78, 5) is 22.2. The van der Waals surface area contributed by atoms with E-state index in [-0.39, 0.29) is 6.10 Å². The molecule has 5 rings (SSSR count). The first-order valence-electron chi connectivity index (χ1n) is 13.8. The van der Waals surface area contributed by atoms with Gasteiger partial charge in [-0.3, -0.25) is 4.79 Å². The van der Waals surface area contributed by atoms with E-state index in [1.165, 1.54) is 16.9 Å². The van der Waals surface area contributed by atoms with E-state index in [2.05, 4.69) is 47.7 Å². The molecule has 3 heterocycles. The summed E-state index contributed by atoms with van der Waals surface area (Å²) in [7, 11) is 1.60. The summed E-state index contributed by atoms with van der Waals surface area (Å²) in [6.07, 6.45) is 3.93. The van der Waals surface area contributed by atoms with E-state index in [1.54, 1.807) is 13.3 Å². The quantitative estimate of drug-likeness (QED) is 0.215. The number of nitrogens with one attached hydrogen (secondary N) is 2. The summed E-state index contributed by atoms with van der Waals surface area (Å²) in [5.74, 6) is 2.36. The highest BCUT2D eigenvalue weighted by Crippen LogP contribution is 2.42. The molecule has 2 aromatic heterocycles. The van der Waals surface area contributed by atoms with E-state index in [1.807, 2.05) is 38.1 Å². The van der Waals surface area contributed by atoms with Crippen LogP contribution < -0.4 is 25.8 Å². The maximum absolute atomic E-state index is 12.4. The number of rotatable bonds is 9. The lowest BCUT2D eigenvalue weighted by atomic mass is 9.83. The zero-order valence-corrected chi connectivity index (χ0v) is 24.5. The standard InChI is InChI=1S/C31H37N5O3S/c1-17(2)23-14-20(12-13-33-23)19-10-11-22(25(15-19)39-18(3)4)35-31-34-16-26-28(36-31)27(29(40-26)30(32)37)21-8-6-7-9-24(21)38-5/h6-11,15-18,20,23,33H,12-14H2,1-5H3,(H2,32,37)(H,34,35,36)/t20-,23+/m0/s1. The van der Waals surface area contributed by atoms with Crippen molar-refractivity contribution in [2.75, 3.05) is 19.0 Å². The number of hydrogen-bond donors (Lipinski definition) is 3. The highest BCUT2D eigenvalue weighted by Gasteiger charge is 2.26. The van der Waals surface area contributed by atoms with Crippen LogP contribution in [0.2, 0.25) is 0 Å². The van der Waals surface area contributed by atoms with Crippen molar-refractivity contribution in [1.82, 2.24) is 15.3 Å². The van der Waals surface area contributed by atoms with Gasteiger partial charge in [-0.2, -0.15) is 0 Å². The van der Waals surface area contributed by atoms with Gasteiger partial charge in [0.1, 0.15) is 16.4 Å². The molecular weight excluding hydrogens is 522 g/mol. The number of para-hydroxylation sites is 1. The molecule has 4 N–H and O–H groups in total. The number of anilines is 2. The highest BCUT2D eigenvalue weighted by atomic mass is 32.1. The number of primary amides is 1.